The van der Waals surface area contributed by atoms with Crippen molar-refractivity contribution in [2.75, 3.05) is 38.1 Å². The summed E-state index contributed by atoms with van der Waals surface area (Å²) in [5, 5.41) is 5.98. The number of carbonyl (C=O) groups is 1. The van der Waals surface area contributed by atoms with Crippen LogP contribution in [0.3, 0.4) is 0 Å². The van der Waals surface area contributed by atoms with Crippen LogP contribution in [0.2, 0.25) is 0 Å². The van der Waals surface area contributed by atoms with E-state index >= 15 is 4.39 Å². The summed E-state index contributed by atoms with van der Waals surface area (Å²) in [5.41, 5.74) is 4.06. The quantitative estimate of drug-likeness (QED) is 0.280. The molecule has 41 heavy (non-hydrogen) atoms. The van der Waals surface area contributed by atoms with Crippen molar-refractivity contribution in [1.82, 2.24) is 20.2 Å². The van der Waals surface area contributed by atoms with E-state index in [1.807, 2.05) is 12.1 Å². The van der Waals surface area contributed by atoms with Gasteiger partial charge >= 0.3 is 6.01 Å². The molecule has 3 aromatic rings. The first kappa shape index (κ1) is 26.3. The maximum Gasteiger partial charge on any atom is 0.319 e. The Morgan fingerprint density at radius 2 is 2.10 bits per heavy atom. The highest BCUT2D eigenvalue weighted by Crippen LogP contribution is 2.58. The smallest absolute Gasteiger partial charge is 0.319 e. The van der Waals surface area contributed by atoms with Crippen molar-refractivity contribution in [3.05, 3.63) is 59.7 Å². The number of hydrogen-bond acceptors (Lipinski definition) is 6. The molecule has 214 valence electrons. The van der Waals surface area contributed by atoms with E-state index in [2.05, 4.69) is 38.1 Å². The second kappa shape index (κ2) is 10.0. The lowest BCUT2D eigenvalue weighted by molar-refractivity contribution is -0.118. The van der Waals surface area contributed by atoms with Crippen LogP contribution in [0.15, 0.2) is 42.7 Å². The van der Waals surface area contributed by atoms with E-state index in [9.17, 15) is 13.6 Å². The lowest BCUT2D eigenvalue weighted by Crippen LogP contribution is -2.43. The van der Waals surface area contributed by atoms with Crippen LogP contribution in [0.4, 0.5) is 19.0 Å². The number of hydrogen-bond donors (Lipinski definition) is 2. The van der Waals surface area contributed by atoms with Gasteiger partial charge < -0.3 is 15.4 Å². The molecule has 2 aliphatic heterocycles. The van der Waals surface area contributed by atoms with Gasteiger partial charge in [-0.1, -0.05) is 24.8 Å². The number of alkyl halides is 1. The molecule has 2 N–H and O–H groups in total. The minimum atomic E-state index is -1.07. The SMILES string of the molecule is C=C(F)C(=O)NCCNc1nc(OC[C@@]23CCCN2C[C@H](F)C3)nc2cc(-c3cccc4c3[C@@H]3C[C@@H]3C4)c(F)cc12. The van der Waals surface area contributed by atoms with Crippen LogP contribution in [-0.4, -0.2) is 65.3 Å². The van der Waals surface area contributed by atoms with Gasteiger partial charge in [-0.2, -0.15) is 9.97 Å². The van der Waals surface area contributed by atoms with E-state index in [0.717, 1.165) is 37.8 Å². The number of nitrogens with one attached hydrogen (secondary N) is 2. The van der Waals surface area contributed by atoms with Crippen LogP contribution in [-0.2, 0) is 11.2 Å². The van der Waals surface area contributed by atoms with E-state index in [1.54, 1.807) is 6.07 Å². The molecule has 10 heteroatoms. The van der Waals surface area contributed by atoms with Crippen molar-refractivity contribution >= 4 is 22.6 Å². The fourth-order valence-corrected chi connectivity index (χ4v) is 7.21. The third-order valence-corrected chi connectivity index (χ3v) is 9.21. The molecule has 7 rings (SSSR count). The van der Waals surface area contributed by atoms with Gasteiger partial charge in [0.05, 0.1) is 11.1 Å². The third kappa shape index (κ3) is 4.71. The Morgan fingerprint density at radius 3 is 2.95 bits per heavy atom. The van der Waals surface area contributed by atoms with E-state index in [0.29, 0.717) is 47.1 Å². The molecule has 2 aromatic carbocycles. The highest BCUT2D eigenvalue weighted by atomic mass is 19.1. The maximum absolute atomic E-state index is 15.7. The summed E-state index contributed by atoms with van der Waals surface area (Å²) in [5.74, 6) is -0.853. The predicted octanol–water partition coefficient (Wildman–Crippen LogP) is 5.06. The summed E-state index contributed by atoms with van der Waals surface area (Å²) in [6.45, 7) is 4.81. The molecular weight excluding hydrogens is 531 g/mol. The second-order valence-electron chi connectivity index (χ2n) is 11.8. The van der Waals surface area contributed by atoms with Crippen molar-refractivity contribution < 1.29 is 22.7 Å². The minimum Gasteiger partial charge on any atom is -0.461 e. The molecule has 1 saturated carbocycles. The Balaban J connectivity index is 1.22. The monoisotopic (exact) mass is 563 g/mol. The molecule has 0 unspecified atom stereocenters. The summed E-state index contributed by atoms with van der Waals surface area (Å²) in [6, 6.07) is 9.38. The molecule has 3 heterocycles. The Morgan fingerprint density at radius 1 is 1.22 bits per heavy atom. The lowest BCUT2D eigenvalue weighted by Gasteiger charge is -2.30. The molecule has 3 fully saturated rings. The normalized spacial score (nSPS) is 26.0. The van der Waals surface area contributed by atoms with Crippen LogP contribution in [0, 0.1) is 11.7 Å². The number of rotatable bonds is 9. The van der Waals surface area contributed by atoms with Crippen LogP contribution < -0.4 is 15.4 Å². The van der Waals surface area contributed by atoms with Gasteiger partial charge in [0.1, 0.15) is 24.4 Å². The number of ether oxygens (including phenoxy) is 1. The van der Waals surface area contributed by atoms with Crippen molar-refractivity contribution in [3.8, 4) is 17.1 Å². The minimum absolute atomic E-state index is 0.0959. The van der Waals surface area contributed by atoms with Gasteiger partial charge in [-0.15, -0.1) is 0 Å². The fraction of sp³-hybridized carbons (Fsp3) is 0.452. The number of fused-ring (bicyclic) bond motifs is 5. The molecule has 7 nitrogen and oxygen atoms in total. The first-order valence-corrected chi connectivity index (χ1v) is 14.3. The fourth-order valence-electron chi connectivity index (χ4n) is 7.21. The van der Waals surface area contributed by atoms with Gasteiger partial charge in [0, 0.05) is 37.0 Å². The van der Waals surface area contributed by atoms with E-state index in [1.165, 1.54) is 17.2 Å². The number of amides is 1. The van der Waals surface area contributed by atoms with Gasteiger partial charge in [0.25, 0.3) is 5.91 Å². The summed E-state index contributed by atoms with van der Waals surface area (Å²) < 4.78 is 49.2. The zero-order chi connectivity index (χ0) is 28.3. The number of halogens is 3. The van der Waals surface area contributed by atoms with Gasteiger partial charge in [-0.3, -0.25) is 9.69 Å². The van der Waals surface area contributed by atoms with E-state index in [4.69, 9.17) is 4.74 Å². The Hall–Kier alpha value is -3.66. The van der Waals surface area contributed by atoms with Crippen LogP contribution in [0.1, 0.15) is 42.7 Å². The van der Waals surface area contributed by atoms with Crippen molar-refractivity contribution in [2.45, 2.75) is 49.7 Å². The largest absolute Gasteiger partial charge is 0.461 e. The molecule has 4 aliphatic rings. The molecular formula is C31H32F3N5O2. The van der Waals surface area contributed by atoms with E-state index in [-0.39, 0.29) is 37.1 Å². The number of aromatic nitrogens is 2. The molecule has 2 aliphatic carbocycles. The molecule has 4 atom stereocenters. The van der Waals surface area contributed by atoms with Crippen LogP contribution in [0.25, 0.3) is 22.0 Å². The molecule has 1 aromatic heterocycles. The zero-order valence-electron chi connectivity index (χ0n) is 22.7. The summed E-state index contributed by atoms with van der Waals surface area (Å²) in [4.78, 5) is 22.9. The van der Waals surface area contributed by atoms with Crippen molar-refractivity contribution in [3.63, 3.8) is 0 Å². The average Bonchev–Trinajstić information content (AvgIpc) is 3.27. The average molecular weight is 564 g/mol. The Bertz CT molecular complexity index is 1560. The highest BCUT2D eigenvalue weighted by molar-refractivity contribution is 5.93. The predicted molar refractivity (Wildman–Crippen MR) is 150 cm³/mol. The topological polar surface area (TPSA) is 79.4 Å². The summed E-state index contributed by atoms with van der Waals surface area (Å²) in [6.07, 6.45) is 3.57. The number of carbonyl (C=O) groups excluding carboxylic acids is 1. The van der Waals surface area contributed by atoms with Gasteiger partial charge in [-0.25, -0.2) is 13.2 Å². The summed E-state index contributed by atoms with van der Waals surface area (Å²) in [7, 11) is 0. The molecule has 0 spiro atoms. The van der Waals surface area contributed by atoms with Gasteiger partial charge in [0.2, 0.25) is 0 Å². The number of benzene rings is 2. The Labute approximate surface area is 236 Å². The molecule has 1 amide bonds. The second-order valence-corrected chi connectivity index (χ2v) is 11.8. The van der Waals surface area contributed by atoms with E-state index < -0.39 is 17.9 Å². The Kier molecular flexibility index (Phi) is 6.41. The van der Waals surface area contributed by atoms with Crippen LogP contribution >= 0.6 is 0 Å². The van der Waals surface area contributed by atoms with Crippen LogP contribution in [0.5, 0.6) is 6.01 Å². The maximum atomic E-state index is 15.7. The third-order valence-electron chi connectivity index (χ3n) is 9.21. The standard InChI is InChI=1S/C31H32F3N5O2/c1-17(32)29(40)36-8-7-35-28-24-12-25(34)23(21-5-2-4-18-10-19-11-22(19)27(18)21)13-26(24)37-30(38-28)41-16-31-6-3-9-39(31)15-20(33)14-31/h2,4-5,12-13,19-20,22H,1,3,6-11,14-16H2,(H,36,40)(H,35,37,38)/t19-,20+,22+,31-/m0/s1. The summed E-state index contributed by atoms with van der Waals surface area (Å²) >= 11 is 0. The first-order valence-electron chi connectivity index (χ1n) is 14.3. The van der Waals surface area contributed by atoms with Gasteiger partial charge in [0.15, 0.2) is 5.83 Å². The zero-order valence-corrected chi connectivity index (χ0v) is 22.7. The van der Waals surface area contributed by atoms with Crippen molar-refractivity contribution in [1.29, 1.82) is 0 Å². The van der Waals surface area contributed by atoms with Gasteiger partial charge in [-0.05, 0) is 72.9 Å². The number of anilines is 1. The van der Waals surface area contributed by atoms with Crippen molar-refractivity contribution in [2.24, 2.45) is 5.92 Å². The first-order chi connectivity index (χ1) is 19.8. The lowest BCUT2D eigenvalue weighted by atomic mass is 9.93. The highest BCUT2D eigenvalue weighted by Gasteiger charge is 2.49. The molecule has 2 saturated heterocycles. The molecule has 0 bridgehead atoms. The number of nitrogens with zero attached hydrogens (tertiary/aromatic N) is 3. The molecule has 0 radical (unpaired) electrons.